The second-order valence-corrected chi connectivity index (χ2v) is 11.8. The van der Waals surface area contributed by atoms with Crippen LogP contribution in [-0.4, -0.2) is 36.5 Å². The van der Waals surface area contributed by atoms with E-state index in [-0.39, 0.29) is 22.7 Å². The van der Waals surface area contributed by atoms with E-state index in [0.717, 1.165) is 32.1 Å². The third-order valence-corrected chi connectivity index (χ3v) is 10.3. The van der Waals surface area contributed by atoms with Gasteiger partial charge in [0.1, 0.15) is 12.2 Å². The van der Waals surface area contributed by atoms with Gasteiger partial charge in [-0.1, -0.05) is 13.8 Å². The zero-order valence-electron chi connectivity index (χ0n) is 20.3. The first kappa shape index (κ1) is 26.6. The van der Waals surface area contributed by atoms with E-state index < -0.39 is 36.5 Å². The Kier molecular flexibility index (Phi) is 6.70. The van der Waals surface area contributed by atoms with Crippen molar-refractivity contribution < 1.29 is 45.4 Å². The Morgan fingerprint density at radius 1 is 0.800 bits per heavy atom. The van der Waals surface area contributed by atoms with E-state index in [9.17, 15) is 35.9 Å². The first-order chi connectivity index (χ1) is 16.1. The number of carbonyl (C=O) groups excluding carboxylic acids is 2. The molecule has 4 fully saturated rings. The maximum atomic E-state index is 12.7. The van der Waals surface area contributed by atoms with Crippen molar-refractivity contribution in [1.29, 1.82) is 0 Å². The predicted molar refractivity (Wildman–Crippen MR) is 113 cm³/mol. The lowest BCUT2D eigenvalue weighted by Gasteiger charge is -2.61. The topological polar surface area (TPSA) is 52.6 Å². The summed E-state index contributed by atoms with van der Waals surface area (Å²) < 4.78 is 85.8. The van der Waals surface area contributed by atoms with Crippen LogP contribution >= 0.6 is 0 Å². The van der Waals surface area contributed by atoms with Gasteiger partial charge in [-0.15, -0.1) is 0 Å². The summed E-state index contributed by atoms with van der Waals surface area (Å²) in [6.45, 7) is 5.92. The van der Waals surface area contributed by atoms with Crippen LogP contribution < -0.4 is 0 Å². The first-order valence-corrected chi connectivity index (χ1v) is 12.6. The summed E-state index contributed by atoms with van der Waals surface area (Å²) in [5.41, 5.74) is -0.271. The Hall–Kier alpha value is -1.48. The zero-order chi connectivity index (χ0) is 26.0. The normalized spacial score (nSPS) is 42.3. The summed E-state index contributed by atoms with van der Waals surface area (Å²) in [7, 11) is 0. The van der Waals surface area contributed by atoms with Crippen molar-refractivity contribution in [2.75, 3.05) is 0 Å². The Morgan fingerprint density at radius 3 is 2.03 bits per heavy atom. The third-order valence-electron chi connectivity index (χ3n) is 10.3. The largest absolute Gasteiger partial charge is 0.490 e. The minimum atomic E-state index is -5.01. The molecule has 35 heavy (non-hydrogen) atoms. The number of rotatable bonds is 3. The fourth-order valence-electron chi connectivity index (χ4n) is 8.67. The zero-order valence-corrected chi connectivity index (χ0v) is 20.3. The van der Waals surface area contributed by atoms with E-state index in [0.29, 0.717) is 43.4 Å². The van der Waals surface area contributed by atoms with Crippen LogP contribution in [-0.2, 0) is 19.1 Å². The van der Waals surface area contributed by atoms with Gasteiger partial charge in [-0.2, -0.15) is 26.3 Å². The maximum Gasteiger partial charge on any atom is 0.490 e. The van der Waals surface area contributed by atoms with E-state index in [1.54, 1.807) is 6.92 Å². The smallest absolute Gasteiger partial charge is 0.456 e. The lowest BCUT2D eigenvalue weighted by Crippen LogP contribution is -2.55. The van der Waals surface area contributed by atoms with E-state index >= 15 is 0 Å². The van der Waals surface area contributed by atoms with Crippen LogP contribution in [0.25, 0.3) is 0 Å². The Balaban J connectivity index is 1.44. The molecule has 4 saturated carbocycles. The van der Waals surface area contributed by atoms with Crippen LogP contribution in [0.15, 0.2) is 0 Å². The van der Waals surface area contributed by atoms with E-state index in [2.05, 4.69) is 13.8 Å². The average Bonchev–Trinajstić information content (AvgIpc) is 3.10. The highest BCUT2D eigenvalue weighted by Crippen LogP contribution is 2.68. The van der Waals surface area contributed by atoms with Crippen molar-refractivity contribution in [2.24, 2.45) is 40.4 Å². The number of hydrogen-bond acceptors (Lipinski definition) is 4. The lowest BCUT2D eigenvalue weighted by atomic mass is 9.44. The lowest BCUT2D eigenvalue weighted by molar-refractivity contribution is -0.212. The molecule has 4 aliphatic rings. The molecule has 10 heteroatoms. The van der Waals surface area contributed by atoms with E-state index in [1.165, 1.54) is 0 Å². The van der Waals surface area contributed by atoms with Gasteiger partial charge in [0, 0.05) is 5.92 Å². The molecule has 0 heterocycles. The van der Waals surface area contributed by atoms with Crippen LogP contribution in [0.4, 0.5) is 26.3 Å². The molecular weight excluding hydrogens is 478 g/mol. The van der Waals surface area contributed by atoms with Crippen LogP contribution in [0.2, 0.25) is 0 Å². The molecule has 0 aromatic heterocycles. The third kappa shape index (κ3) is 4.67. The fourth-order valence-corrected chi connectivity index (χ4v) is 8.67. The molecule has 0 radical (unpaired) electrons. The second kappa shape index (κ2) is 8.82. The maximum absolute atomic E-state index is 12.7. The molecule has 0 amide bonds. The van der Waals surface area contributed by atoms with Crippen LogP contribution in [0.5, 0.6) is 0 Å². The van der Waals surface area contributed by atoms with Gasteiger partial charge in [-0.05, 0) is 99.2 Å². The van der Waals surface area contributed by atoms with Crippen LogP contribution in [0.3, 0.4) is 0 Å². The molecule has 4 aliphatic carbocycles. The van der Waals surface area contributed by atoms with Crippen LogP contribution in [0, 0.1) is 40.4 Å². The second-order valence-electron chi connectivity index (χ2n) is 11.8. The average molecular weight is 513 g/mol. The van der Waals surface area contributed by atoms with Crippen molar-refractivity contribution in [1.82, 2.24) is 0 Å². The molecule has 0 bridgehead atoms. The molecule has 0 aromatic carbocycles. The highest BCUT2D eigenvalue weighted by atomic mass is 19.4. The Morgan fingerprint density at radius 2 is 1.40 bits per heavy atom. The molecule has 0 aliphatic heterocycles. The molecule has 4 rings (SSSR count). The Labute approximate surface area is 201 Å². The number of fused-ring (bicyclic) bond motifs is 5. The number of hydrogen-bond donors (Lipinski definition) is 0. The van der Waals surface area contributed by atoms with E-state index in [1.807, 2.05) is 0 Å². The van der Waals surface area contributed by atoms with Gasteiger partial charge < -0.3 is 9.47 Å². The summed E-state index contributed by atoms with van der Waals surface area (Å²) in [6.07, 6.45) is -4.92. The summed E-state index contributed by atoms with van der Waals surface area (Å²) in [4.78, 5) is 22.8. The molecule has 9 atom stereocenters. The van der Waals surface area contributed by atoms with Gasteiger partial charge in [-0.3, -0.25) is 0 Å². The van der Waals surface area contributed by atoms with Gasteiger partial charge >= 0.3 is 24.3 Å². The Bertz CT molecular complexity index is 841. The van der Waals surface area contributed by atoms with Crippen molar-refractivity contribution in [2.45, 2.75) is 103 Å². The highest BCUT2D eigenvalue weighted by Gasteiger charge is 2.61. The summed E-state index contributed by atoms with van der Waals surface area (Å²) in [5, 5.41) is 0. The molecule has 0 spiro atoms. The monoisotopic (exact) mass is 512 g/mol. The minimum absolute atomic E-state index is 0.0577. The number of esters is 2. The van der Waals surface area contributed by atoms with Crippen molar-refractivity contribution in [3.8, 4) is 0 Å². The van der Waals surface area contributed by atoms with Crippen molar-refractivity contribution >= 4 is 11.9 Å². The van der Waals surface area contributed by atoms with Gasteiger partial charge in [0.2, 0.25) is 0 Å². The minimum Gasteiger partial charge on any atom is -0.456 e. The van der Waals surface area contributed by atoms with Crippen molar-refractivity contribution in [3.63, 3.8) is 0 Å². The van der Waals surface area contributed by atoms with Gasteiger partial charge in [-0.25, -0.2) is 9.59 Å². The summed E-state index contributed by atoms with van der Waals surface area (Å²) in [5.74, 6) is -3.13. The number of halogens is 6. The van der Waals surface area contributed by atoms with Gasteiger partial charge in [0.15, 0.2) is 0 Å². The SMILES string of the molecule is CC(OC(=O)C(F)(F)F)[C@H]1CC[C@H]2[C@@H]3CC[C@H]4C[C@@H](OC(=O)C(F)(F)F)CC[C@]4(C)[C@H]3CC[C@]12C. The predicted octanol–water partition coefficient (Wildman–Crippen LogP) is 6.61. The number of ether oxygens (including phenoxy) is 2. The summed E-state index contributed by atoms with van der Waals surface area (Å²) in [6, 6.07) is 0. The molecule has 0 N–H and O–H groups in total. The molecule has 0 saturated heterocycles. The molecule has 1 unspecified atom stereocenters. The molecule has 0 aromatic rings. The molecule has 4 nitrogen and oxygen atoms in total. The molecular formula is C25H34F6O4. The van der Waals surface area contributed by atoms with E-state index in [4.69, 9.17) is 9.47 Å². The summed E-state index contributed by atoms with van der Waals surface area (Å²) >= 11 is 0. The van der Waals surface area contributed by atoms with Gasteiger partial charge in [0.05, 0.1) is 0 Å². The standard InChI is InChI=1S/C25H34F6O4/c1-13(34-20(32)24(26,27)28)17-6-7-18-16-5-4-14-12-15(35-21(33)25(29,30)31)8-10-22(14,2)19(16)9-11-23(17,18)3/h13-19H,4-12H2,1-3H3/t13?,14-,15-,16-,17+,18-,19-,22-,23+/m0/s1. The molecule has 200 valence electrons. The first-order valence-electron chi connectivity index (χ1n) is 12.6. The number of alkyl halides is 6. The quantitative estimate of drug-likeness (QED) is 0.315. The fraction of sp³-hybridized carbons (Fsp3) is 0.920. The number of carbonyl (C=O) groups is 2. The van der Waals surface area contributed by atoms with Gasteiger partial charge in [0.25, 0.3) is 0 Å². The van der Waals surface area contributed by atoms with Crippen LogP contribution in [0.1, 0.15) is 78.6 Å². The highest BCUT2D eigenvalue weighted by molar-refractivity contribution is 5.76. The van der Waals surface area contributed by atoms with Crippen molar-refractivity contribution in [3.05, 3.63) is 0 Å².